The average Bonchev–Trinajstić information content (AvgIpc) is 2.52. The number of ether oxygens (including phenoxy) is 1. The Kier molecular flexibility index (Phi) is 4.99. The summed E-state index contributed by atoms with van der Waals surface area (Å²) in [6.45, 7) is 3.96. The van der Waals surface area contributed by atoms with Gasteiger partial charge in [-0.05, 0) is 43.2 Å². The average molecular weight is 283 g/mol. The summed E-state index contributed by atoms with van der Waals surface area (Å²) in [6, 6.07) is 17.4. The number of anilines is 1. The first kappa shape index (κ1) is 15.1. The molecular formula is C18H21NO2. The van der Waals surface area contributed by atoms with Crippen LogP contribution in [0.1, 0.15) is 18.9 Å². The smallest absolute Gasteiger partial charge is 0.267 e. The van der Waals surface area contributed by atoms with Gasteiger partial charge in [-0.3, -0.25) is 4.79 Å². The standard InChI is InChI=1S/C18H21NO2/c1-4-17(21-16-12-8-9-14(2)13-16)18(20)19(3)15-10-6-5-7-11-15/h5-13,17H,4H2,1-3H3/t17-/m0/s1. The summed E-state index contributed by atoms with van der Waals surface area (Å²) >= 11 is 0. The Morgan fingerprint density at radius 1 is 1.14 bits per heavy atom. The lowest BCUT2D eigenvalue weighted by Crippen LogP contribution is -2.39. The zero-order valence-corrected chi connectivity index (χ0v) is 12.7. The Labute approximate surface area is 126 Å². The number of hydrogen-bond donors (Lipinski definition) is 0. The molecule has 1 amide bonds. The zero-order valence-electron chi connectivity index (χ0n) is 12.7. The number of para-hydroxylation sites is 1. The van der Waals surface area contributed by atoms with E-state index in [0.717, 1.165) is 17.0 Å². The molecule has 2 rings (SSSR count). The largest absolute Gasteiger partial charge is 0.481 e. The Bertz CT molecular complexity index is 595. The summed E-state index contributed by atoms with van der Waals surface area (Å²) in [4.78, 5) is 14.2. The third-order valence-corrected chi connectivity index (χ3v) is 3.39. The lowest BCUT2D eigenvalue weighted by atomic mass is 10.2. The summed E-state index contributed by atoms with van der Waals surface area (Å²) in [5, 5.41) is 0. The van der Waals surface area contributed by atoms with Crippen molar-refractivity contribution in [3.63, 3.8) is 0 Å². The fraction of sp³-hybridized carbons (Fsp3) is 0.278. The number of carbonyl (C=O) groups is 1. The van der Waals surface area contributed by atoms with Crippen LogP contribution in [0.2, 0.25) is 0 Å². The van der Waals surface area contributed by atoms with Gasteiger partial charge in [0.1, 0.15) is 5.75 Å². The Morgan fingerprint density at radius 2 is 1.86 bits per heavy atom. The van der Waals surface area contributed by atoms with Crippen molar-refractivity contribution >= 4 is 11.6 Å². The number of aryl methyl sites for hydroxylation is 1. The number of amides is 1. The highest BCUT2D eigenvalue weighted by atomic mass is 16.5. The maximum atomic E-state index is 12.6. The monoisotopic (exact) mass is 283 g/mol. The van der Waals surface area contributed by atoms with Gasteiger partial charge in [-0.1, -0.05) is 37.3 Å². The second-order valence-electron chi connectivity index (χ2n) is 5.06. The third-order valence-electron chi connectivity index (χ3n) is 3.39. The van der Waals surface area contributed by atoms with E-state index in [4.69, 9.17) is 4.74 Å². The molecule has 0 aromatic heterocycles. The Morgan fingerprint density at radius 3 is 2.48 bits per heavy atom. The van der Waals surface area contributed by atoms with E-state index in [0.29, 0.717) is 6.42 Å². The van der Waals surface area contributed by atoms with E-state index in [2.05, 4.69) is 0 Å². The van der Waals surface area contributed by atoms with Crippen LogP contribution in [-0.4, -0.2) is 19.1 Å². The molecule has 0 radical (unpaired) electrons. The molecule has 0 aliphatic carbocycles. The minimum atomic E-state index is -0.475. The SMILES string of the molecule is CC[C@H](Oc1cccc(C)c1)C(=O)N(C)c1ccccc1. The molecule has 0 saturated carbocycles. The highest BCUT2D eigenvalue weighted by Crippen LogP contribution is 2.18. The highest BCUT2D eigenvalue weighted by molar-refractivity contribution is 5.96. The summed E-state index contributed by atoms with van der Waals surface area (Å²) < 4.78 is 5.86. The molecule has 0 spiro atoms. The Balaban J connectivity index is 2.12. The number of nitrogens with zero attached hydrogens (tertiary/aromatic N) is 1. The quantitative estimate of drug-likeness (QED) is 0.835. The van der Waals surface area contributed by atoms with Gasteiger partial charge in [0.25, 0.3) is 5.91 Å². The first-order valence-electron chi connectivity index (χ1n) is 7.17. The maximum absolute atomic E-state index is 12.6. The van der Waals surface area contributed by atoms with E-state index in [-0.39, 0.29) is 5.91 Å². The van der Waals surface area contributed by atoms with E-state index < -0.39 is 6.10 Å². The minimum Gasteiger partial charge on any atom is -0.481 e. The first-order valence-corrected chi connectivity index (χ1v) is 7.17. The number of benzene rings is 2. The molecule has 110 valence electrons. The fourth-order valence-electron chi connectivity index (χ4n) is 2.16. The number of likely N-dealkylation sites (N-methyl/N-ethyl adjacent to an activating group) is 1. The van der Waals surface area contributed by atoms with Gasteiger partial charge in [-0.2, -0.15) is 0 Å². The zero-order chi connectivity index (χ0) is 15.2. The second-order valence-corrected chi connectivity index (χ2v) is 5.06. The van der Waals surface area contributed by atoms with Crippen molar-refractivity contribution in [2.45, 2.75) is 26.4 Å². The number of hydrogen-bond acceptors (Lipinski definition) is 2. The Hall–Kier alpha value is -2.29. The van der Waals surface area contributed by atoms with E-state index in [9.17, 15) is 4.79 Å². The van der Waals surface area contributed by atoms with Crippen LogP contribution in [0.25, 0.3) is 0 Å². The van der Waals surface area contributed by atoms with Crippen molar-refractivity contribution in [1.82, 2.24) is 0 Å². The number of carbonyl (C=O) groups excluding carboxylic acids is 1. The molecule has 0 heterocycles. The molecular weight excluding hydrogens is 262 g/mol. The van der Waals surface area contributed by atoms with Crippen LogP contribution in [0.15, 0.2) is 54.6 Å². The van der Waals surface area contributed by atoms with Crippen molar-refractivity contribution in [1.29, 1.82) is 0 Å². The van der Waals surface area contributed by atoms with Crippen LogP contribution < -0.4 is 9.64 Å². The van der Waals surface area contributed by atoms with Gasteiger partial charge >= 0.3 is 0 Å². The van der Waals surface area contributed by atoms with E-state index in [1.54, 1.807) is 11.9 Å². The fourth-order valence-corrected chi connectivity index (χ4v) is 2.16. The minimum absolute atomic E-state index is 0.0368. The molecule has 3 nitrogen and oxygen atoms in total. The second kappa shape index (κ2) is 6.93. The van der Waals surface area contributed by atoms with Crippen LogP contribution in [0.5, 0.6) is 5.75 Å². The molecule has 0 aliphatic heterocycles. The molecule has 2 aromatic carbocycles. The predicted octanol–water partition coefficient (Wildman–Crippen LogP) is 3.82. The summed E-state index contributed by atoms with van der Waals surface area (Å²) in [5.41, 5.74) is 1.99. The van der Waals surface area contributed by atoms with Crippen LogP contribution in [0.3, 0.4) is 0 Å². The van der Waals surface area contributed by atoms with Crippen LogP contribution in [-0.2, 0) is 4.79 Å². The highest BCUT2D eigenvalue weighted by Gasteiger charge is 2.23. The lowest BCUT2D eigenvalue weighted by Gasteiger charge is -2.24. The van der Waals surface area contributed by atoms with Gasteiger partial charge in [-0.25, -0.2) is 0 Å². The molecule has 0 N–H and O–H groups in total. The van der Waals surface area contributed by atoms with Gasteiger partial charge in [-0.15, -0.1) is 0 Å². The molecule has 0 unspecified atom stereocenters. The molecule has 0 aliphatic rings. The molecule has 0 fully saturated rings. The predicted molar refractivity (Wildman–Crippen MR) is 85.7 cm³/mol. The van der Waals surface area contributed by atoms with Crippen LogP contribution in [0.4, 0.5) is 5.69 Å². The molecule has 0 saturated heterocycles. The molecule has 0 bridgehead atoms. The molecule has 3 heteroatoms. The molecule has 21 heavy (non-hydrogen) atoms. The van der Waals surface area contributed by atoms with Gasteiger partial charge in [0.15, 0.2) is 6.10 Å². The molecule has 1 atom stereocenters. The lowest BCUT2D eigenvalue weighted by molar-refractivity contribution is -0.125. The van der Waals surface area contributed by atoms with Crippen molar-refractivity contribution in [3.8, 4) is 5.75 Å². The van der Waals surface area contributed by atoms with Gasteiger partial charge in [0.2, 0.25) is 0 Å². The van der Waals surface area contributed by atoms with Crippen molar-refractivity contribution in [3.05, 3.63) is 60.2 Å². The van der Waals surface area contributed by atoms with E-state index >= 15 is 0 Å². The third kappa shape index (κ3) is 3.85. The first-order chi connectivity index (χ1) is 10.1. The van der Waals surface area contributed by atoms with Gasteiger partial charge in [0, 0.05) is 12.7 Å². The topological polar surface area (TPSA) is 29.5 Å². The summed E-state index contributed by atoms with van der Waals surface area (Å²) in [5.74, 6) is 0.696. The number of rotatable bonds is 5. The summed E-state index contributed by atoms with van der Waals surface area (Å²) in [6.07, 6.45) is 0.154. The van der Waals surface area contributed by atoms with Crippen molar-refractivity contribution < 1.29 is 9.53 Å². The van der Waals surface area contributed by atoms with E-state index in [1.165, 1.54) is 0 Å². The van der Waals surface area contributed by atoms with Gasteiger partial charge < -0.3 is 9.64 Å². The normalized spacial score (nSPS) is 11.8. The van der Waals surface area contributed by atoms with Crippen LogP contribution in [0, 0.1) is 6.92 Å². The van der Waals surface area contributed by atoms with Crippen LogP contribution >= 0.6 is 0 Å². The molecule has 2 aromatic rings. The van der Waals surface area contributed by atoms with Crippen molar-refractivity contribution in [2.24, 2.45) is 0 Å². The van der Waals surface area contributed by atoms with Crippen molar-refractivity contribution in [2.75, 3.05) is 11.9 Å². The van der Waals surface area contributed by atoms with E-state index in [1.807, 2.05) is 68.4 Å². The maximum Gasteiger partial charge on any atom is 0.267 e. The summed E-state index contributed by atoms with van der Waals surface area (Å²) in [7, 11) is 1.78. The van der Waals surface area contributed by atoms with Gasteiger partial charge in [0.05, 0.1) is 0 Å².